The minimum atomic E-state index is 0.760. The maximum absolute atomic E-state index is 3.90. The van der Waals surface area contributed by atoms with Gasteiger partial charge in [-0.25, -0.2) is 0 Å². The Kier molecular flexibility index (Phi) is 3.06. The van der Waals surface area contributed by atoms with Crippen molar-refractivity contribution in [3.05, 3.63) is 46.2 Å². The number of nitrogens with zero attached hydrogens (tertiary/aromatic N) is 1. The first-order chi connectivity index (χ1) is 7.24. The molecule has 0 saturated heterocycles. The van der Waals surface area contributed by atoms with Gasteiger partial charge < -0.3 is 5.32 Å². The lowest BCUT2D eigenvalue weighted by molar-refractivity contribution is 0.981. The van der Waals surface area contributed by atoms with Crippen LogP contribution < -0.4 is 5.32 Å². The highest BCUT2D eigenvalue weighted by Gasteiger charge is 1.97. The van der Waals surface area contributed by atoms with Crippen LogP contribution in [0.1, 0.15) is 11.3 Å². The van der Waals surface area contributed by atoms with E-state index in [9.17, 15) is 0 Å². The number of anilines is 1. The molecule has 0 aliphatic carbocycles. The molecule has 15 heavy (non-hydrogen) atoms. The Morgan fingerprint density at radius 2 is 2.27 bits per heavy atom. The second-order valence-electron chi connectivity index (χ2n) is 3.45. The van der Waals surface area contributed by atoms with E-state index >= 15 is 0 Å². The van der Waals surface area contributed by atoms with Crippen molar-refractivity contribution in [2.24, 2.45) is 0 Å². The number of hydrogen-bond acceptors (Lipinski definition) is 2. The molecular formula is C11H12BrN3. The van der Waals surface area contributed by atoms with E-state index in [-0.39, 0.29) is 0 Å². The fraction of sp³-hybridized carbons (Fsp3) is 0.182. The van der Waals surface area contributed by atoms with Crippen molar-refractivity contribution in [2.45, 2.75) is 13.5 Å². The standard InChI is InChI=1S/C11H12BrN3/c1-8-4-9(12)6-11(5-8)13-7-10-2-3-14-15-10/h2-6,13H,7H2,1H3,(H,14,15). The van der Waals surface area contributed by atoms with Gasteiger partial charge in [0, 0.05) is 16.4 Å². The molecule has 0 amide bonds. The Bertz CT molecular complexity index is 417. The van der Waals surface area contributed by atoms with Crippen LogP contribution in [0, 0.1) is 6.92 Å². The number of aryl methyl sites for hydroxylation is 1. The molecule has 78 valence electrons. The van der Waals surface area contributed by atoms with Crippen LogP contribution in [0.15, 0.2) is 34.9 Å². The number of halogens is 1. The molecule has 1 aromatic heterocycles. The Morgan fingerprint density at radius 3 is 2.93 bits per heavy atom. The molecule has 0 saturated carbocycles. The average molecular weight is 266 g/mol. The molecule has 2 N–H and O–H groups in total. The quantitative estimate of drug-likeness (QED) is 0.896. The molecule has 2 rings (SSSR count). The lowest BCUT2D eigenvalue weighted by Gasteiger charge is -2.06. The zero-order valence-electron chi connectivity index (χ0n) is 8.42. The molecule has 1 aromatic carbocycles. The minimum absolute atomic E-state index is 0.760. The van der Waals surface area contributed by atoms with Crippen LogP contribution in [0.3, 0.4) is 0 Å². The van der Waals surface area contributed by atoms with Crippen LogP contribution in [0.2, 0.25) is 0 Å². The third kappa shape index (κ3) is 2.83. The second-order valence-corrected chi connectivity index (χ2v) is 4.37. The molecule has 0 atom stereocenters. The summed E-state index contributed by atoms with van der Waals surface area (Å²) in [6, 6.07) is 8.21. The van der Waals surface area contributed by atoms with Crippen molar-refractivity contribution in [3.8, 4) is 0 Å². The number of benzene rings is 1. The molecule has 1 heterocycles. The summed E-state index contributed by atoms with van der Waals surface area (Å²) in [5.41, 5.74) is 3.42. The third-order valence-corrected chi connectivity index (χ3v) is 2.54. The van der Waals surface area contributed by atoms with Crippen molar-refractivity contribution in [2.75, 3.05) is 5.32 Å². The molecule has 0 aliphatic rings. The van der Waals surface area contributed by atoms with Crippen LogP contribution in [0.4, 0.5) is 5.69 Å². The first kappa shape index (κ1) is 10.2. The number of aromatic amines is 1. The Labute approximate surface area is 97.0 Å². The van der Waals surface area contributed by atoms with Crippen molar-refractivity contribution >= 4 is 21.6 Å². The van der Waals surface area contributed by atoms with E-state index in [1.54, 1.807) is 6.20 Å². The number of aromatic nitrogens is 2. The summed E-state index contributed by atoms with van der Waals surface area (Å²) < 4.78 is 1.09. The van der Waals surface area contributed by atoms with Crippen molar-refractivity contribution in [1.82, 2.24) is 10.2 Å². The average Bonchev–Trinajstić information content (AvgIpc) is 2.65. The predicted molar refractivity (Wildman–Crippen MR) is 64.8 cm³/mol. The fourth-order valence-electron chi connectivity index (χ4n) is 1.42. The lowest BCUT2D eigenvalue weighted by Crippen LogP contribution is -1.99. The monoisotopic (exact) mass is 265 g/mol. The van der Waals surface area contributed by atoms with Gasteiger partial charge >= 0.3 is 0 Å². The van der Waals surface area contributed by atoms with Crippen LogP contribution in [0.5, 0.6) is 0 Å². The maximum Gasteiger partial charge on any atom is 0.0567 e. The Hall–Kier alpha value is -1.29. The largest absolute Gasteiger partial charge is 0.379 e. The van der Waals surface area contributed by atoms with Gasteiger partial charge in [-0.15, -0.1) is 0 Å². The second kappa shape index (κ2) is 4.49. The topological polar surface area (TPSA) is 40.7 Å². The zero-order chi connectivity index (χ0) is 10.7. The highest BCUT2D eigenvalue weighted by atomic mass is 79.9. The molecular weight excluding hydrogens is 254 g/mol. The van der Waals surface area contributed by atoms with Crippen LogP contribution >= 0.6 is 15.9 Å². The summed E-state index contributed by atoms with van der Waals surface area (Å²) in [6.07, 6.45) is 1.75. The molecule has 0 aliphatic heterocycles. The number of nitrogens with one attached hydrogen (secondary N) is 2. The van der Waals surface area contributed by atoms with E-state index in [1.165, 1.54) is 5.56 Å². The summed E-state index contributed by atoms with van der Waals surface area (Å²) >= 11 is 3.47. The van der Waals surface area contributed by atoms with E-state index in [4.69, 9.17) is 0 Å². The predicted octanol–water partition coefficient (Wildman–Crippen LogP) is 3.09. The molecule has 0 spiro atoms. The molecule has 0 unspecified atom stereocenters. The van der Waals surface area contributed by atoms with E-state index in [0.717, 1.165) is 22.4 Å². The van der Waals surface area contributed by atoms with E-state index in [1.807, 2.05) is 6.07 Å². The Morgan fingerprint density at radius 1 is 1.40 bits per heavy atom. The highest BCUT2D eigenvalue weighted by molar-refractivity contribution is 9.10. The van der Waals surface area contributed by atoms with Gasteiger partial charge in [0.15, 0.2) is 0 Å². The van der Waals surface area contributed by atoms with Gasteiger partial charge in [-0.05, 0) is 36.8 Å². The van der Waals surface area contributed by atoms with E-state index in [2.05, 4.69) is 56.6 Å². The van der Waals surface area contributed by atoms with Crippen LogP contribution in [-0.2, 0) is 6.54 Å². The molecule has 0 radical (unpaired) electrons. The number of rotatable bonds is 3. The lowest BCUT2D eigenvalue weighted by atomic mass is 10.2. The van der Waals surface area contributed by atoms with Gasteiger partial charge in [0.2, 0.25) is 0 Å². The maximum atomic E-state index is 3.90. The van der Waals surface area contributed by atoms with Crippen LogP contribution in [0.25, 0.3) is 0 Å². The zero-order valence-corrected chi connectivity index (χ0v) is 10.0. The minimum Gasteiger partial charge on any atom is -0.379 e. The fourth-order valence-corrected chi connectivity index (χ4v) is 2.03. The first-order valence-corrected chi connectivity index (χ1v) is 5.52. The van der Waals surface area contributed by atoms with Gasteiger partial charge in [-0.1, -0.05) is 15.9 Å². The third-order valence-electron chi connectivity index (χ3n) is 2.08. The van der Waals surface area contributed by atoms with Crippen molar-refractivity contribution in [3.63, 3.8) is 0 Å². The summed E-state index contributed by atoms with van der Waals surface area (Å²) in [6.45, 7) is 2.84. The number of hydrogen-bond donors (Lipinski definition) is 2. The summed E-state index contributed by atoms with van der Waals surface area (Å²) in [5.74, 6) is 0. The number of H-pyrrole nitrogens is 1. The smallest absolute Gasteiger partial charge is 0.0567 e. The summed E-state index contributed by atoms with van der Waals surface area (Å²) in [7, 11) is 0. The SMILES string of the molecule is Cc1cc(Br)cc(NCc2ccn[nH]2)c1. The van der Waals surface area contributed by atoms with Crippen molar-refractivity contribution < 1.29 is 0 Å². The molecule has 0 fully saturated rings. The van der Waals surface area contributed by atoms with E-state index in [0.29, 0.717) is 0 Å². The summed E-state index contributed by atoms with van der Waals surface area (Å²) in [5, 5.41) is 10.1. The Balaban J connectivity index is 2.05. The van der Waals surface area contributed by atoms with Gasteiger partial charge in [0.25, 0.3) is 0 Å². The van der Waals surface area contributed by atoms with Crippen LogP contribution in [-0.4, -0.2) is 10.2 Å². The molecule has 0 bridgehead atoms. The van der Waals surface area contributed by atoms with Crippen molar-refractivity contribution in [1.29, 1.82) is 0 Å². The first-order valence-electron chi connectivity index (χ1n) is 4.73. The molecule has 3 nitrogen and oxygen atoms in total. The van der Waals surface area contributed by atoms with Gasteiger partial charge in [-0.3, -0.25) is 5.10 Å². The molecule has 2 aromatic rings. The highest BCUT2D eigenvalue weighted by Crippen LogP contribution is 2.19. The van der Waals surface area contributed by atoms with Gasteiger partial charge in [0.1, 0.15) is 0 Å². The normalized spacial score (nSPS) is 10.3. The van der Waals surface area contributed by atoms with Gasteiger partial charge in [0.05, 0.1) is 12.2 Å². The molecule has 4 heteroatoms. The van der Waals surface area contributed by atoms with E-state index < -0.39 is 0 Å². The summed E-state index contributed by atoms with van der Waals surface area (Å²) in [4.78, 5) is 0. The van der Waals surface area contributed by atoms with Gasteiger partial charge in [-0.2, -0.15) is 5.10 Å².